The van der Waals surface area contributed by atoms with Crippen LogP contribution >= 0.6 is 0 Å². The second kappa shape index (κ2) is 9.49. The molecule has 4 rings (SSSR count). The predicted octanol–water partition coefficient (Wildman–Crippen LogP) is 0.127. The van der Waals surface area contributed by atoms with Crippen LogP contribution in [0.5, 0.6) is 0 Å². The Morgan fingerprint density at radius 3 is 2.64 bits per heavy atom. The lowest BCUT2D eigenvalue weighted by Gasteiger charge is -2.25. The minimum atomic E-state index is -0.605. The van der Waals surface area contributed by atoms with Gasteiger partial charge >= 0.3 is 0 Å². The van der Waals surface area contributed by atoms with E-state index in [2.05, 4.69) is 40.7 Å². The third-order valence-electron chi connectivity index (χ3n) is 4.95. The molecule has 1 amide bonds. The maximum Gasteiger partial charge on any atom is 0.292 e. The van der Waals surface area contributed by atoms with E-state index in [9.17, 15) is 14.9 Å². The molecule has 1 saturated heterocycles. The molecule has 1 aromatic carbocycles. The summed E-state index contributed by atoms with van der Waals surface area (Å²) in [5.41, 5.74) is 9.71. The smallest absolute Gasteiger partial charge is 0.292 e. The Morgan fingerprint density at radius 1 is 1.27 bits per heavy atom. The molecule has 0 unspecified atom stereocenters. The van der Waals surface area contributed by atoms with E-state index in [1.807, 2.05) is 0 Å². The standard InChI is InChI=1S/C18H20N10O5/c1-11(12-2-4-13(5-3-12)28(30)31)20-22-18(29)15-14(10-26-6-8-32-9-7-26)21-25-27(15)17-16(19)23-33-24-17/h2-5H,6-10H2,1H3,(H2,19,23)(H,22,29)/b20-11-. The number of amides is 1. The minimum absolute atomic E-state index is 0.0250. The molecule has 0 aliphatic carbocycles. The van der Waals surface area contributed by atoms with E-state index in [4.69, 9.17) is 10.5 Å². The van der Waals surface area contributed by atoms with Gasteiger partial charge in [0.1, 0.15) is 5.69 Å². The van der Waals surface area contributed by atoms with E-state index in [-0.39, 0.29) is 23.0 Å². The minimum Gasteiger partial charge on any atom is -0.379 e. The monoisotopic (exact) mass is 456 g/mol. The molecule has 2 aromatic heterocycles. The van der Waals surface area contributed by atoms with Crippen molar-refractivity contribution in [2.75, 3.05) is 32.0 Å². The zero-order valence-electron chi connectivity index (χ0n) is 17.5. The number of non-ortho nitro benzene ring substituents is 1. The van der Waals surface area contributed by atoms with Gasteiger partial charge in [-0.15, -0.1) is 5.10 Å². The molecule has 1 aliphatic rings. The highest BCUT2D eigenvalue weighted by molar-refractivity contribution is 6.01. The molecule has 3 N–H and O–H groups in total. The largest absolute Gasteiger partial charge is 0.379 e. The van der Waals surface area contributed by atoms with Crippen LogP contribution in [0.25, 0.3) is 5.82 Å². The Hall–Kier alpha value is -4.24. The topological polar surface area (TPSA) is 193 Å². The van der Waals surface area contributed by atoms with Gasteiger partial charge in [-0.05, 0) is 34.9 Å². The number of nitro benzene ring substituents is 1. The predicted molar refractivity (Wildman–Crippen MR) is 112 cm³/mol. The fourth-order valence-corrected chi connectivity index (χ4v) is 3.18. The maximum atomic E-state index is 13.1. The lowest BCUT2D eigenvalue weighted by molar-refractivity contribution is -0.384. The zero-order valence-corrected chi connectivity index (χ0v) is 17.5. The number of nitrogens with one attached hydrogen (secondary N) is 1. The molecule has 33 heavy (non-hydrogen) atoms. The summed E-state index contributed by atoms with van der Waals surface area (Å²) in [5, 5.41) is 30.3. The molecule has 3 aromatic rings. The quantitative estimate of drug-likeness (QED) is 0.279. The summed E-state index contributed by atoms with van der Waals surface area (Å²) in [6, 6.07) is 5.80. The second-order valence-electron chi connectivity index (χ2n) is 7.10. The van der Waals surface area contributed by atoms with Gasteiger partial charge in [0.25, 0.3) is 11.6 Å². The summed E-state index contributed by atoms with van der Waals surface area (Å²) in [6.45, 7) is 4.52. The number of aromatic nitrogens is 5. The molecule has 0 saturated carbocycles. The number of nitrogens with two attached hydrogens (primary N) is 1. The fraction of sp³-hybridized carbons (Fsp3) is 0.333. The number of benzene rings is 1. The van der Waals surface area contributed by atoms with Crippen molar-refractivity contribution in [3.63, 3.8) is 0 Å². The lowest BCUT2D eigenvalue weighted by Crippen LogP contribution is -2.36. The van der Waals surface area contributed by atoms with Crippen molar-refractivity contribution in [3.8, 4) is 5.82 Å². The SMILES string of the molecule is C/C(=N/NC(=O)c1c(CN2CCOCC2)nnn1-c1nonc1N)c1ccc([N+](=O)[O-])cc1. The van der Waals surface area contributed by atoms with Gasteiger partial charge in [-0.2, -0.15) is 9.78 Å². The molecular weight excluding hydrogens is 436 g/mol. The first-order chi connectivity index (χ1) is 15.9. The number of nitrogens with zero attached hydrogens (tertiary/aromatic N) is 8. The van der Waals surface area contributed by atoms with Crippen molar-refractivity contribution in [3.05, 3.63) is 51.3 Å². The number of nitro groups is 1. The van der Waals surface area contributed by atoms with Crippen molar-refractivity contribution in [2.24, 2.45) is 5.10 Å². The Labute approximate surface area is 186 Å². The molecule has 15 nitrogen and oxygen atoms in total. The van der Waals surface area contributed by atoms with Crippen LogP contribution < -0.4 is 11.2 Å². The average molecular weight is 456 g/mol. The molecule has 0 atom stereocenters. The van der Waals surface area contributed by atoms with Gasteiger partial charge < -0.3 is 10.5 Å². The number of rotatable bonds is 7. The molecule has 1 fully saturated rings. The van der Waals surface area contributed by atoms with Crippen LogP contribution in [0.4, 0.5) is 11.5 Å². The van der Waals surface area contributed by atoms with Gasteiger partial charge in [-0.1, -0.05) is 5.21 Å². The molecular formula is C18H20N10O5. The Morgan fingerprint density at radius 2 is 2.00 bits per heavy atom. The first-order valence-corrected chi connectivity index (χ1v) is 9.86. The maximum absolute atomic E-state index is 13.1. The first kappa shape index (κ1) is 22.0. The number of carbonyl (C=O) groups is 1. The molecule has 15 heteroatoms. The molecule has 0 radical (unpaired) electrons. The summed E-state index contributed by atoms with van der Waals surface area (Å²) >= 11 is 0. The molecule has 172 valence electrons. The number of morpholine rings is 1. The number of hydrazone groups is 1. The number of hydrogen-bond donors (Lipinski definition) is 2. The van der Waals surface area contributed by atoms with Crippen molar-refractivity contribution < 1.29 is 19.1 Å². The van der Waals surface area contributed by atoms with Gasteiger partial charge in [-0.3, -0.25) is 19.8 Å². The van der Waals surface area contributed by atoms with Crippen LogP contribution in [0, 0.1) is 10.1 Å². The van der Waals surface area contributed by atoms with E-state index >= 15 is 0 Å². The van der Waals surface area contributed by atoms with E-state index in [1.165, 1.54) is 12.1 Å². The second-order valence-corrected chi connectivity index (χ2v) is 7.10. The lowest BCUT2D eigenvalue weighted by atomic mass is 10.1. The summed E-state index contributed by atoms with van der Waals surface area (Å²) < 4.78 is 11.1. The van der Waals surface area contributed by atoms with Gasteiger partial charge in [0, 0.05) is 31.8 Å². The van der Waals surface area contributed by atoms with Crippen molar-refractivity contribution in [1.82, 2.24) is 35.6 Å². The number of hydrogen-bond acceptors (Lipinski definition) is 12. The highest BCUT2D eigenvalue weighted by Gasteiger charge is 2.26. The van der Waals surface area contributed by atoms with Crippen molar-refractivity contribution in [1.29, 1.82) is 0 Å². The summed E-state index contributed by atoms with van der Waals surface area (Å²) in [5.74, 6) is -0.638. The Bertz CT molecular complexity index is 1180. The first-order valence-electron chi connectivity index (χ1n) is 9.86. The number of nitrogen functional groups attached to an aromatic ring is 1. The van der Waals surface area contributed by atoms with Gasteiger partial charge in [0.2, 0.25) is 11.6 Å². The van der Waals surface area contributed by atoms with Crippen LogP contribution in [-0.4, -0.2) is 73.1 Å². The number of anilines is 1. The van der Waals surface area contributed by atoms with Crippen LogP contribution in [0.15, 0.2) is 34.0 Å². The molecule has 3 heterocycles. The van der Waals surface area contributed by atoms with Crippen LogP contribution in [0.1, 0.15) is 28.7 Å². The van der Waals surface area contributed by atoms with Crippen LogP contribution in [0.2, 0.25) is 0 Å². The Balaban J connectivity index is 1.59. The van der Waals surface area contributed by atoms with Crippen LogP contribution in [-0.2, 0) is 11.3 Å². The molecule has 0 bridgehead atoms. The third kappa shape index (κ3) is 4.83. The zero-order chi connectivity index (χ0) is 23.4. The van der Waals surface area contributed by atoms with Crippen molar-refractivity contribution in [2.45, 2.75) is 13.5 Å². The summed E-state index contributed by atoms with van der Waals surface area (Å²) in [7, 11) is 0. The molecule has 1 aliphatic heterocycles. The van der Waals surface area contributed by atoms with Gasteiger partial charge in [0.05, 0.1) is 23.8 Å². The van der Waals surface area contributed by atoms with E-state index < -0.39 is 10.8 Å². The third-order valence-corrected chi connectivity index (χ3v) is 4.95. The van der Waals surface area contributed by atoms with E-state index in [0.717, 1.165) is 4.68 Å². The fourth-order valence-electron chi connectivity index (χ4n) is 3.18. The highest BCUT2D eigenvalue weighted by atomic mass is 16.6. The van der Waals surface area contributed by atoms with E-state index in [1.54, 1.807) is 19.1 Å². The highest BCUT2D eigenvalue weighted by Crippen LogP contribution is 2.18. The summed E-state index contributed by atoms with van der Waals surface area (Å²) in [4.78, 5) is 25.5. The van der Waals surface area contributed by atoms with Gasteiger partial charge in [0.15, 0.2) is 5.69 Å². The van der Waals surface area contributed by atoms with Crippen LogP contribution in [0.3, 0.4) is 0 Å². The number of ether oxygens (including phenoxy) is 1. The van der Waals surface area contributed by atoms with Crippen molar-refractivity contribution >= 4 is 23.1 Å². The van der Waals surface area contributed by atoms with Gasteiger partial charge in [-0.25, -0.2) is 10.1 Å². The van der Waals surface area contributed by atoms with E-state index in [0.29, 0.717) is 49.8 Å². The number of carbonyl (C=O) groups excluding carboxylic acids is 1. The average Bonchev–Trinajstić information content (AvgIpc) is 3.43. The summed E-state index contributed by atoms with van der Waals surface area (Å²) in [6.07, 6.45) is 0. The molecule has 0 spiro atoms. The Kier molecular flexibility index (Phi) is 6.32. The normalized spacial score (nSPS) is 14.9.